The predicted molar refractivity (Wildman–Crippen MR) is 118 cm³/mol. The maximum Gasteiger partial charge on any atom is 0.267 e. The Bertz CT molecular complexity index is 982. The average Bonchev–Trinajstić information content (AvgIpc) is 3.25. The van der Waals surface area contributed by atoms with Crippen LogP contribution >= 0.6 is 0 Å². The minimum absolute atomic E-state index is 0.264. The van der Waals surface area contributed by atoms with Gasteiger partial charge in [-0.3, -0.25) is 4.79 Å². The molecule has 1 aliphatic rings. The van der Waals surface area contributed by atoms with Crippen LogP contribution in [0.2, 0.25) is 0 Å². The van der Waals surface area contributed by atoms with Crippen LogP contribution in [0, 0.1) is 0 Å². The Morgan fingerprint density at radius 1 is 1.20 bits per heavy atom. The molecule has 4 rings (SSSR count). The van der Waals surface area contributed by atoms with Crippen molar-refractivity contribution in [1.82, 2.24) is 14.9 Å². The van der Waals surface area contributed by atoms with E-state index in [0.29, 0.717) is 11.4 Å². The number of nitrogens with one attached hydrogen (secondary N) is 1. The van der Waals surface area contributed by atoms with Gasteiger partial charge in [0.25, 0.3) is 5.91 Å². The van der Waals surface area contributed by atoms with Gasteiger partial charge in [0.05, 0.1) is 7.11 Å². The average molecular weight is 405 g/mol. The van der Waals surface area contributed by atoms with Gasteiger partial charge >= 0.3 is 0 Å². The van der Waals surface area contributed by atoms with Crippen LogP contribution in [-0.4, -0.2) is 47.5 Å². The second kappa shape index (κ2) is 9.13. The predicted octanol–water partition coefficient (Wildman–Crippen LogP) is 3.61. The Morgan fingerprint density at radius 3 is 2.67 bits per heavy atom. The van der Waals surface area contributed by atoms with Crippen molar-refractivity contribution >= 4 is 5.91 Å². The summed E-state index contributed by atoms with van der Waals surface area (Å²) in [5.41, 5.74) is 8.84. The molecule has 2 heterocycles. The van der Waals surface area contributed by atoms with Gasteiger partial charge in [0, 0.05) is 24.6 Å². The molecule has 1 saturated heterocycles. The van der Waals surface area contributed by atoms with Gasteiger partial charge in [0.1, 0.15) is 23.0 Å². The first-order chi connectivity index (χ1) is 14.6. The van der Waals surface area contributed by atoms with Crippen LogP contribution in [0.1, 0.15) is 40.6 Å². The molecule has 6 nitrogen and oxygen atoms in total. The lowest BCUT2D eigenvalue weighted by molar-refractivity contribution is 0.0996. The third-order valence-electron chi connectivity index (χ3n) is 5.78. The van der Waals surface area contributed by atoms with Gasteiger partial charge in [0.2, 0.25) is 0 Å². The molecule has 1 atom stereocenters. The summed E-state index contributed by atoms with van der Waals surface area (Å²) in [6.07, 6.45) is 3.20. The van der Waals surface area contributed by atoms with Gasteiger partial charge in [-0.1, -0.05) is 30.3 Å². The maximum absolute atomic E-state index is 12.1. The van der Waals surface area contributed by atoms with Crippen LogP contribution in [-0.2, 0) is 6.42 Å². The highest BCUT2D eigenvalue weighted by Crippen LogP contribution is 2.30. The topological polar surface area (TPSA) is 84.2 Å². The highest BCUT2D eigenvalue weighted by Gasteiger charge is 2.26. The molecule has 156 valence electrons. The lowest BCUT2D eigenvalue weighted by Gasteiger charge is -2.31. The lowest BCUT2D eigenvalue weighted by atomic mass is 9.97. The Balaban J connectivity index is 1.50. The van der Waals surface area contributed by atoms with Crippen LogP contribution in [0.4, 0.5) is 0 Å². The summed E-state index contributed by atoms with van der Waals surface area (Å²) in [5, 5.41) is 0. The number of aromatic amines is 1. The van der Waals surface area contributed by atoms with Crippen molar-refractivity contribution in [3.63, 3.8) is 0 Å². The van der Waals surface area contributed by atoms with Gasteiger partial charge in [-0.05, 0) is 55.6 Å². The summed E-state index contributed by atoms with van der Waals surface area (Å²) in [4.78, 5) is 22.6. The molecule has 1 aliphatic heterocycles. The number of aromatic nitrogens is 2. The number of carbonyl (C=O) groups excluding carboxylic acids is 1. The molecule has 0 spiro atoms. The zero-order valence-corrected chi connectivity index (χ0v) is 17.3. The molecule has 2 aromatic carbocycles. The van der Waals surface area contributed by atoms with Crippen molar-refractivity contribution in [3.8, 4) is 17.0 Å². The summed E-state index contributed by atoms with van der Waals surface area (Å²) in [5.74, 6) is 1.38. The second-order valence-electron chi connectivity index (χ2n) is 7.81. The summed E-state index contributed by atoms with van der Waals surface area (Å²) in [6, 6.07) is 18.1. The third-order valence-corrected chi connectivity index (χ3v) is 5.78. The number of carbonyl (C=O) groups is 1. The Hall–Kier alpha value is -3.12. The molecule has 1 aromatic heterocycles. The van der Waals surface area contributed by atoms with Crippen molar-refractivity contribution in [2.24, 2.45) is 5.73 Å². The number of ether oxygens (including phenoxy) is 1. The standard InChI is InChI=1S/C24H28N4O2/c1-30-20-11-9-18(10-12-20)21-22(23(25)29)27-24(26-21)19-8-5-14-28(16-19)15-13-17-6-3-2-4-7-17/h2-4,6-7,9-12,19H,5,8,13-16H2,1H3,(H2,25,29)(H,26,27). The number of nitrogens with zero attached hydrogens (tertiary/aromatic N) is 2. The summed E-state index contributed by atoms with van der Waals surface area (Å²) < 4.78 is 5.22. The van der Waals surface area contributed by atoms with E-state index < -0.39 is 5.91 Å². The molecule has 6 heteroatoms. The van der Waals surface area contributed by atoms with Gasteiger partial charge in [-0.15, -0.1) is 0 Å². The van der Waals surface area contributed by atoms with Crippen molar-refractivity contribution in [2.75, 3.05) is 26.7 Å². The largest absolute Gasteiger partial charge is 0.497 e. The number of primary amides is 1. The highest BCUT2D eigenvalue weighted by atomic mass is 16.5. The van der Waals surface area contributed by atoms with Crippen molar-refractivity contribution < 1.29 is 9.53 Å². The fraction of sp³-hybridized carbons (Fsp3) is 0.333. The van der Waals surface area contributed by atoms with Crippen LogP contribution in [0.3, 0.4) is 0 Å². The van der Waals surface area contributed by atoms with E-state index in [1.165, 1.54) is 5.56 Å². The smallest absolute Gasteiger partial charge is 0.267 e. The molecular weight excluding hydrogens is 376 g/mol. The van der Waals surface area contributed by atoms with Crippen LogP contribution < -0.4 is 10.5 Å². The summed E-state index contributed by atoms with van der Waals surface area (Å²) in [6.45, 7) is 3.05. The number of H-pyrrole nitrogens is 1. The van der Waals surface area contributed by atoms with Crippen LogP contribution in [0.5, 0.6) is 5.75 Å². The zero-order chi connectivity index (χ0) is 20.9. The first kappa shape index (κ1) is 20.2. The molecular formula is C24H28N4O2. The zero-order valence-electron chi connectivity index (χ0n) is 17.3. The monoisotopic (exact) mass is 404 g/mol. The molecule has 1 unspecified atom stereocenters. The highest BCUT2D eigenvalue weighted by molar-refractivity contribution is 5.97. The molecule has 3 N–H and O–H groups in total. The first-order valence-corrected chi connectivity index (χ1v) is 10.4. The van der Waals surface area contributed by atoms with Crippen LogP contribution in [0.25, 0.3) is 11.3 Å². The molecule has 1 amide bonds. The fourth-order valence-corrected chi connectivity index (χ4v) is 4.13. The van der Waals surface area contributed by atoms with E-state index in [2.05, 4.69) is 34.1 Å². The van der Waals surface area contributed by atoms with Gasteiger partial charge < -0.3 is 20.4 Å². The van der Waals surface area contributed by atoms with Gasteiger partial charge in [0.15, 0.2) is 0 Å². The lowest BCUT2D eigenvalue weighted by Crippen LogP contribution is -2.36. The van der Waals surface area contributed by atoms with Gasteiger partial charge in [-0.2, -0.15) is 0 Å². The van der Waals surface area contributed by atoms with E-state index >= 15 is 0 Å². The summed E-state index contributed by atoms with van der Waals surface area (Å²) >= 11 is 0. The van der Waals surface area contributed by atoms with E-state index in [-0.39, 0.29) is 5.92 Å². The Morgan fingerprint density at radius 2 is 1.97 bits per heavy atom. The third kappa shape index (κ3) is 4.54. The van der Waals surface area contributed by atoms with E-state index in [1.54, 1.807) is 7.11 Å². The first-order valence-electron chi connectivity index (χ1n) is 10.4. The SMILES string of the molecule is COc1ccc(-c2nc(C3CCCN(CCc4ccccc4)C3)[nH]c2C(N)=O)cc1. The molecule has 0 bridgehead atoms. The number of nitrogens with two attached hydrogens (primary N) is 1. The molecule has 1 fully saturated rings. The van der Waals surface area contributed by atoms with Gasteiger partial charge in [-0.25, -0.2) is 4.98 Å². The number of amides is 1. The minimum Gasteiger partial charge on any atom is -0.497 e. The van der Waals surface area contributed by atoms with Crippen molar-refractivity contribution in [1.29, 1.82) is 0 Å². The molecule has 0 aliphatic carbocycles. The van der Waals surface area contributed by atoms with E-state index in [9.17, 15) is 4.79 Å². The molecule has 30 heavy (non-hydrogen) atoms. The summed E-state index contributed by atoms with van der Waals surface area (Å²) in [7, 11) is 1.63. The van der Waals surface area contributed by atoms with E-state index in [4.69, 9.17) is 15.5 Å². The Kier molecular flexibility index (Phi) is 6.14. The Labute approximate surface area is 177 Å². The number of hydrogen-bond acceptors (Lipinski definition) is 4. The number of imidazole rings is 1. The van der Waals surface area contributed by atoms with E-state index in [1.807, 2.05) is 30.3 Å². The number of rotatable bonds is 7. The molecule has 0 radical (unpaired) electrons. The maximum atomic E-state index is 12.1. The second-order valence-corrected chi connectivity index (χ2v) is 7.81. The normalized spacial score (nSPS) is 17.0. The van der Waals surface area contributed by atoms with Crippen molar-refractivity contribution in [3.05, 3.63) is 71.7 Å². The molecule has 3 aromatic rings. The number of methoxy groups -OCH3 is 1. The molecule has 0 saturated carbocycles. The number of hydrogen-bond donors (Lipinski definition) is 2. The minimum atomic E-state index is -0.490. The van der Waals surface area contributed by atoms with Crippen LogP contribution in [0.15, 0.2) is 54.6 Å². The number of piperidine rings is 1. The number of likely N-dealkylation sites (tertiary alicyclic amines) is 1. The quantitative estimate of drug-likeness (QED) is 0.630. The number of benzene rings is 2. The van der Waals surface area contributed by atoms with Crippen molar-refractivity contribution in [2.45, 2.75) is 25.2 Å². The fourth-order valence-electron chi connectivity index (χ4n) is 4.13. The van der Waals surface area contributed by atoms with E-state index in [0.717, 1.165) is 56.0 Å².